The van der Waals surface area contributed by atoms with Crippen molar-refractivity contribution in [1.29, 1.82) is 0 Å². The van der Waals surface area contributed by atoms with E-state index in [1.54, 1.807) is 0 Å². The van der Waals surface area contributed by atoms with Crippen molar-refractivity contribution >= 4 is 11.6 Å². The van der Waals surface area contributed by atoms with Gasteiger partial charge in [0.25, 0.3) is 0 Å². The molecular formula is C15H24N4O2. The molecule has 1 aliphatic carbocycles. The Balaban J connectivity index is 1.76. The molecule has 3 rings (SSSR count). The Hall–Kier alpha value is -1.40. The zero-order chi connectivity index (χ0) is 14.9. The Morgan fingerprint density at radius 2 is 2.10 bits per heavy atom. The van der Waals surface area contributed by atoms with Crippen LogP contribution in [-0.4, -0.2) is 54.5 Å². The number of nitrogens with one attached hydrogen (secondary N) is 1. The zero-order valence-corrected chi connectivity index (χ0v) is 12.8. The molecule has 0 atom stereocenters. The highest BCUT2D eigenvalue weighted by molar-refractivity contribution is 5.49. The van der Waals surface area contributed by atoms with Gasteiger partial charge in [0, 0.05) is 58.7 Å². The molecule has 2 N–H and O–H groups in total. The molecule has 0 unspecified atom stereocenters. The maximum atomic E-state index is 10.6. The Morgan fingerprint density at radius 1 is 1.38 bits per heavy atom. The van der Waals surface area contributed by atoms with Gasteiger partial charge in [0.1, 0.15) is 17.5 Å². The molecule has 1 aliphatic heterocycles. The summed E-state index contributed by atoms with van der Waals surface area (Å²) in [5.74, 6) is 3.14. The van der Waals surface area contributed by atoms with Crippen LogP contribution in [0, 0.1) is 0 Å². The lowest BCUT2D eigenvalue weighted by atomic mass is 9.94. The fourth-order valence-electron chi connectivity index (χ4n) is 2.73. The first-order valence-electron chi connectivity index (χ1n) is 7.68. The Labute approximate surface area is 125 Å². The molecule has 1 aromatic heterocycles. The first-order valence-corrected chi connectivity index (χ1v) is 7.68. The maximum Gasteiger partial charge on any atom is 0.136 e. The average Bonchev–Trinajstić information content (AvgIpc) is 3.31. The third kappa shape index (κ3) is 3.44. The summed E-state index contributed by atoms with van der Waals surface area (Å²) >= 11 is 0. The number of hydrogen-bond donors (Lipinski definition) is 2. The molecule has 1 aromatic rings. The first-order chi connectivity index (χ1) is 10.1. The molecule has 0 bridgehead atoms. The van der Waals surface area contributed by atoms with Crippen molar-refractivity contribution in [1.82, 2.24) is 9.97 Å². The van der Waals surface area contributed by atoms with E-state index < -0.39 is 5.60 Å². The van der Waals surface area contributed by atoms with E-state index >= 15 is 0 Å². The van der Waals surface area contributed by atoms with E-state index in [1.807, 2.05) is 25.1 Å². The van der Waals surface area contributed by atoms with Gasteiger partial charge in [-0.1, -0.05) is 0 Å². The molecule has 2 heterocycles. The third-order valence-corrected chi connectivity index (χ3v) is 4.27. The van der Waals surface area contributed by atoms with E-state index in [0.717, 1.165) is 17.5 Å². The van der Waals surface area contributed by atoms with E-state index in [-0.39, 0.29) is 0 Å². The van der Waals surface area contributed by atoms with Crippen LogP contribution in [0.15, 0.2) is 6.07 Å². The molecule has 1 saturated carbocycles. The lowest BCUT2D eigenvalue weighted by molar-refractivity contribution is -0.0573. The molecule has 2 fully saturated rings. The highest BCUT2D eigenvalue weighted by Crippen LogP contribution is 2.39. The smallest absolute Gasteiger partial charge is 0.136 e. The van der Waals surface area contributed by atoms with Crippen LogP contribution < -0.4 is 10.2 Å². The van der Waals surface area contributed by atoms with Gasteiger partial charge < -0.3 is 20.1 Å². The van der Waals surface area contributed by atoms with Gasteiger partial charge in [-0.25, -0.2) is 9.97 Å². The summed E-state index contributed by atoms with van der Waals surface area (Å²) in [5.41, 5.74) is -0.683. The van der Waals surface area contributed by atoms with Gasteiger partial charge in [0.05, 0.1) is 5.60 Å². The number of anilines is 2. The lowest BCUT2D eigenvalue weighted by Gasteiger charge is -2.35. The molecule has 6 heteroatoms. The number of hydrogen-bond acceptors (Lipinski definition) is 6. The number of aromatic nitrogens is 2. The van der Waals surface area contributed by atoms with Crippen molar-refractivity contribution in [2.75, 3.05) is 44.1 Å². The monoisotopic (exact) mass is 292 g/mol. The molecule has 0 amide bonds. The minimum absolute atomic E-state index is 0.511. The Bertz CT molecular complexity index is 498. The molecule has 0 radical (unpaired) electrons. The number of ether oxygens (including phenoxy) is 1. The Kier molecular flexibility index (Phi) is 3.99. The summed E-state index contributed by atoms with van der Waals surface area (Å²) in [6.45, 7) is 1.83. The second-order valence-corrected chi connectivity index (χ2v) is 6.19. The van der Waals surface area contributed by atoms with Crippen LogP contribution in [0.1, 0.15) is 37.4 Å². The van der Waals surface area contributed by atoms with Gasteiger partial charge >= 0.3 is 0 Å². The lowest BCUT2D eigenvalue weighted by Crippen LogP contribution is -2.46. The standard InChI is InChI=1S/C15H24N4O2/c1-16-12-9-13(18-14(17-12)11-3-4-11)19(2)10-15(20)5-7-21-8-6-15/h9,11,20H,3-8,10H2,1-2H3,(H,16,17,18). The highest BCUT2D eigenvalue weighted by Gasteiger charge is 2.32. The van der Waals surface area contributed by atoms with E-state index in [2.05, 4.69) is 15.3 Å². The van der Waals surface area contributed by atoms with Crippen molar-refractivity contribution in [3.8, 4) is 0 Å². The zero-order valence-electron chi connectivity index (χ0n) is 12.8. The van der Waals surface area contributed by atoms with Gasteiger partial charge in [0.15, 0.2) is 0 Å². The Morgan fingerprint density at radius 3 is 2.71 bits per heavy atom. The number of likely N-dealkylation sites (N-methyl/N-ethyl adjacent to an activating group) is 1. The van der Waals surface area contributed by atoms with Gasteiger partial charge in [-0.2, -0.15) is 0 Å². The molecule has 116 valence electrons. The van der Waals surface area contributed by atoms with Crippen LogP contribution in [0.5, 0.6) is 0 Å². The van der Waals surface area contributed by atoms with Gasteiger partial charge in [-0.15, -0.1) is 0 Å². The predicted octanol–water partition coefficient (Wildman–Crippen LogP) is 1.37. The summed E-state index contributed by atoms with van der Waals surface area (Å²) in [4.78, 5) is 11.2. The van der Waals surface area contributed by atoms with Gasteiger partial charge in [-0.3, -0.25) is 0 Å². The average molecular weight is 292 g/mol. The van der Waals surface area contributed by atoms with Gasteiger partial charge in [0.2, 0.25) is 0 Å². The number of nitrogens with zero attached hydrogens (tertiary/aromatic N) is 3. The van der Waals surface area contributed by atoms with E-state index in [0.29, 0.717) is 38.5 Å². The largest absolute Gasteiger partial charge is 0.388 e. The van der Waals surface area contributed by atoms with Gasteiger partial charge in [-0.05, 0) is 12.8 Å². The minimum Gasteiger partial charge on any atom is -0.388 e. The first kappa shape index (κ1) is 14.5. The van der Waals surface area contributed by atoms with Crippen molar-refractivity contribution < 1.29 is 9.84 Å². The molecule has 21 heavy (non-hydrogen) atoms. The van der Waals surface area contributed by atoms with Crippen LogP contribution in [0.25, 0.3) is 0 Å². The normalized spacial score (nSPS) is 21.1. The second-order valence-electron chi connectivity index (χ2n) is 6.19. The van der Waals surface area contributed by atoms with Crippen LogP contribution in [-0.2, 0) is 4.74 Å². The van der Waals surface area contributed by atoms with Crippen molar-refractivity contribution in [2.24, 2.45) is 0 Å². The molecular weight excluding hydrogens is 268 g/mol. The van der Waals surface area contributed by atoms with Crippen molar-refractivity contribution in [3.63, 3.8) is 0 Å². The molecule has 2 aliphatic rings. The highest BCUT2D eigenvalue weighted by atomic mass is 16.5. The van der Waals surface area contributed by atoms with E-state index in [1.165, 1.54) is 12.8 Å². The SMILES string of the molecule is CNc1cc(N(C)CC2(O)CCOCC2)nc(C2CC2)n1. The topological polar surface area (TPSA) is 70.5 Å². The van der Waals surface area contributed by atoms with Crippen LogP contribution >= 0.6 is 0 Å². The third-order valence-electron chi connectivity index (χ3n) is 4.27. The fraction of sp³-hybridized carbons (Fsp3) is 0.733. The summed E-state index contributed by atoms with van der Waals surface area (Å²) in [7, 11) is 3.85. The summed E-state index contributed by atoms with van der Waals surface area (Å²) in [6.07, 6.45) is 3.71. The molecule has 0 aromatic carbocycles. The van der Waals surface area contributed by atoms with E-state index in [9.17, 15) is 5.11 Å². The number of rotatable bonds is 5. The predicted molar refractivity (Wildman–Crippen MR) is 81.8 cm³/mol. The summed E-state index contributed by atoms with van der Waals surface area (Å²) in [6, 6.07) is 1.94. The summed E-state index contributed by atoms with van der Waals surface area (Å²) in [5, 5.41) is 13.7. The van der Waals surface area contributed by atoms with Crippen molar-refractivity contribution in [3.05, 3.63) is 11.9 Å². The molecule has 1 saturated heterocycles. The second kappa shape index (κ2) is 5.77. The molecule has 6 nitrogen and oxygen atoms in total. The van der Waals surface area contributed by atoms with E-state index in [4.69, 9.17) is 4.74 Å². The van der Waals surface area contributed by atoms with Crippen LogP contribution in [0.4, 0.5) is 11.6 Å². The van der Waals surface area contributed by atoms with Crippen LogP contribution in [0.2, 0.25) is 0 Å². The molecule has 0 spiro atoms. The minimum atomic E-state index is -0.683. The maximum absolute atomic E-state index is 10.6. The van der Waals surface area contributed by atoms with Crippen LogP contribution in [0.3, 0.4) is 0 Å². The quantitative estimate of drug-likeness (QED) is 0.854. The van der Waals surface area contributed by atoms with Crippen molar-refractivity contribution in [2.45, 2.75) is 37.2 Å². The summed E-state index contributed by atoms with van der Waals surface area (Å²) < 4.78 is 5.33. The fourth-order valence-corrected chi connectivity index (χ4v) is 2.73. The number of aliphatic hydroxyl groups is 1.